The Morgan fingerprint density at radius 3 is 2.61 bits per heavy atom. The molecule has 1 atom stereocenters. The lowest BCUT2D eigenvalue weighted by Gasteiger charge is -2.26. The van der Waals surface area contributed by atoms with Gasteiger partial charge >= 0.3 is 6.18 Å². The van der Waals surface area contributed by atoms with Gasteiger partial charge in [0.1, 0.15) is 0 Å². The van der Waals surface area contributed by atoms with Gasteiger partial charge in [-0.3, -0.25) is 4.79 Å². The predicted octanol–water partition coefficient (Wildman–Crippen LogP) is 2.12. The summed E-state index contributed by atoms with van der Waals surface area (Å²) >= 11 is 0. The average Bonchev–Trinajstić information content (AvgIpc) is 2.54. The number of amides is 1. The first-order valence-corrected chi connectivity index (χ1v) is 7.65. The Kier molecular flexibility index (Phi) is 6.01. The minimum absolute atomic E-state index is 0.0613. The Hall–Kier alpha value is -1.60. The van der Waals surface area contributed by atoms with Crippen molar-refractivity contribution in [1.29, 1.82) is 0 Å². The van der Waals surface area contributed by atoms with Crippen molar-refractivity contribution in [3.63, 3.8) is 0 Å². The van der Waals surface area contributed by atoms with E-state index in [0.29, 0.717) is 13.2 Å². The molecule has 1 unspecified atom stereocenters. The SMILES string of the molecule is NC(C(=O)NCCc1ccccc1C(F)(F)F)C1CCOCC1. The maximum atomic E-state index is 12.9. The third-order valence-electron chi connectivity index (χ3n) is 4.09. The summed E-state index contributed by atoms with van der Waals surface area (Å²) in [4.78, 5) is 12.0. The van der Waals surface area contributed by atoms with E-state index in [2.05, 4.69) is 5.32 Å². The molecule has 1 aromatic rings. The fourth-order valence-electron chi connectivity index (χ4n) is 2.74. The van der Waals surface area contributed by atoms with Gasteiger partial charge in [0.05, 0.1) is 11.6 Å². The first kappa shape index (κ1) is 17.7. The lowest BCUT2D eigenvalue weighted by atomic mass is 9.92. The third kappa shape index (κ3) is 4.94. The normalized spacial score (nSPS) is 17.7. The van der Waals surface area contributed by atoms with Crippen molar-refractivity contribution in [1.82, 2.24) is 5.32 Å². The van der Waals surface area contributed by atoms with E-state index in [-0.39, 0.29) is 30.4 Å². The van der Waals surface area contributed by atoms with Gasteiger partial charge in [-0.15, -0.1) is 0 Å². The van der Waals surface area contributed by atoms with Crippen molar-refractivity contribution in [2.24, 2.45) is 11.7 Å². The van der Waals surface area contributed by atoms with Crippen LogP contribution >= 0.6 is 0 Å². The quantitative estimate of drug-likeness (QED) is 0.869. The van der Waals surface area contributed by atoms with Crippen molar-refractivity contribution in [3.8, 4) is 0 Å². The standard InChI is InChI=1S/C16H21F3N2O2/c17-16(18,19)13-4-2-1-3-11(13)5-8-21-15(22)14(20)12-6-9-23-10-7-12/h1-4,12,14H,5-10,20H2,(H,21,22). The van der Waals surface area contributed by atoms with Crippen molar-refractivity contribution < 1.29 is 22.7 Å². The van der Waals surface area contributed by atoms with Crippen LogP contribution in [-0.4, -0.2) is 31.7 Å². The van der Waals surface area contributed by atoms with Gasteiger partial charge in [0.15, 0.2) is 0 Å². The molecule has 0 saturated carbocycles. The van der Waals surface area contributed by atoms with E-state index in [1.807, 2.05) is 0 Å². The molecule has 1 fully saturated rings. The van der Waals surface area contributed by atoms with E-state index < -0.39 is 17.8 Å². The van der Waals surface area contributed by atoms with Gasteiger partial charge in [-0.05, 0) is 36.8 Å². The highest BCUT2D eigenvalue weighted by molar-refractivity contribution is 5.81. The fourth-order valence-corrected chi connectivity index (χ4v) is 2.74. The minimum atomic E-state index is -4.39. The number of carbonyl (C=O) groups is 1. The van der Waals surface area contributed by atoms with Crippen molar-refractivity contribution in [2.45, 2.75) is 31.5 Å². The lowest BCUT2D eigenvalue weighted by molar-refractivity contribution is -0.138. The Balaban J connectivity index is 1.86. The molecule has 0 radical (unpaired) electrons. The van der Waals surface area contributed by atoms with Crippen LogP contribution < -0.4 is 11.1 Å². The zero-order chi connectivity index (χ0) is 16.9. The number of benzene rings is 1. The number of nitrogens with one attached hydrogen (secondary N) is 1. The molecule has 1 heterocycles. The highest BCUT2D eigenvalue weighted by Crippen LogP contribution is 2.31. The highest BCUT2D eigenvalue weighted by atomic mass is 19.4. The number of ether oxygens (including phenoxy) is 1. The van der Waals surface area contributed by atoms with Crippen LogP contribution in [0.1, 0.15) is 24.0 Å². The largest absolute Gasteiger partial charge is 0.416 e. The van der Waals surface area contributed by atoms with E-state index in [1.165, 1.54) is 12.1 Å². The molecule has 2 rings (SSSR count). The van der Waals surface area contributed by atoms with Crippen LogP contribution in [0.15, 0.2) is 24.3 Å². The number of hydrogen-bond acceptors (Lipinski definition) is 3. The van der Waals surface area contributed by atoms with Crippen molar-refractivity contribution in [3.05, 3.63) is 35.4 Å². The predicted molar refractivity (Wildman–Crippen MR) is 79.7 cm³/mol. The average molecular weight is 330 g/mol. The van der Waals surface area contributed by atoms with E-state index >= 15 is 0 Å². The number of alkyl halides is 3. The van der Waals surface area contributed by atoms with Crippen LogP contribution in [0.5, 0.6) is 0 Å². The molecular formula is C16H21F3N2O2. The lowest BCUT2D eigenvalue weighted by Crippen LogP contribution is -2.47. The molecule has 128 valence electrons. The molecule has 0 spiro atoms. The first-order chi connectivity index (χ1) is 10.9. The Labute approximate surface area is 133 Å². The van der Waals surface area contributed by atoms with Crippen LogP contribution in [0.2, 0.25) is 0 Å². The summed E-state index contributed by atoms with van der Waals surface area (Å²) in [7, 11) is 0. The molecular weight excluding hydrogens is 309 g/mol. The molecule has 3 N–H and O–H groups in total. The van der Waals surface area contributed by atoms with E-state index in [1.54, 1.807) is 6.07 Å². The molecule has 0 bridgehead atoms. The Morgan fingerprint density at radius 2 is 1.96 bits per heavy atom. The molecule has 7 heteroatoms. The van der Waals surface area contributed by atoms with Gasteiger partial charge in [-0.25, -0.2) is 0 Å². The third-order valence-corrected chi connectivity index (χ3v) is 4.09. The van der Waals surface area contributed by atoms with Crippen LogP contribution in [0.4, 0.5) is 13.2 Å². The topological polar surface area (TPSA) is 64.4 Å². The smallest absolute Gasteiger partial charge is 0.381 e. The van der Waals surface area contributed by atoms with E-state index in [4.69, 9.17) is 10.5 Å². The van der Waals surface area contributed by atoms with Gasteiger partial charge in [0.25, 0.3) is 0 Å². The molecule has 0 aromatic heterocycles. The summed E-state index contributed by atoms with van der Waals surface area (Å²) in [5.74, 6) is -0.257. The molecule has 1 aromatic carbocycles. The maximum Gasteiger partial charge on any atom is 0.416 e. The van der Waals surface area contributed by atoms with Crippen LogP contribution in [-0.2, 0) is 22.1 Å². The molecule has 1 amide bonds. The van der Waals surface area contributed by atoms with Gasteiger partial charge in [-0.1, -0.05) is 18.2 Å². The van der Waals surface area contributed by atoms with Crippen LogP contribution in [0.25, 0.3) is 0 Å². The summed E-state index contributed by atoms with van der Waals surface area (Å²) in [5.41, 5.74) is 5.43. The summed E-state index contributed by atoms with van der Waals surface area (Å²) in [6.45, 7) is 1.30. The van der Waals surface area contributed by atoms with Crippen molar-refractivity contribution >= 4 is 5.91 Å². The Bertz CT molecular complexity index is 528. The number of carbonyl (C=O) groups excluding carboxylic acids is 1. The van der Waals surface area contributed by atoms with E-state index in [0.717, 1.165) is 18.9 Å². The number of halogens is 3. The molecule has 23 heavy (non-hydrogen) atoms. The highest BCUT2D eigenvalue weighted by Gasteiger charge is 2.32. The van der Waals surface area contributed by atoms with Crippen molar-refractivity contribution in [2.75, 3.05) is 19.8 Å². The molecule has 0 aliphatic carbocycles. The molecule has 1 saturated heterocycles. The fraction of sp³-hybridized carbons (Fsp3) is 0.562. The first-order valence-electron chi connectivity index (χ1n) is 7.65. The Morgan fingerprint density at radius 1 is 1.30 bits per heavy atom. The minimum Gasteiger partial charge on any atom is -0.381 e. The second kappa shape index (κ2) is 7.79. The molecule has 4 nitrogen and oxygen atoms in total. The molecule has 1 aliphatic heterocycles. The van der Waals surface area contributed by atoms with E-state index in [9.17, 15) is 18.0 Å². The number of nitrogens with two attached hydrogens (primary N) is 1. The second-order valence-corrected chi connectivity index (χ2v) is 5.67. The summed E-state index contributed by atoms with van der Waals surface area (Å²) < 4.78 is 43.9. The molecule has 1 aliphatic rings. The zero-order valence-electron chi connectivity index (χ0n) is 12.7. The zero-order valence-corrected chi connectivity index (χ0v) is 12.7. The van der Waals surface area contributed by atoms with Gasteiger partial charge in [-0.2, -0.15) is 13.2 Å². The number of rotatable bonds is 5. The second-order valence-electron chi connectivity index (χ2n) is 5.67. The van der Waals surface area contributed by atoms with Gasteiger partial charge in [0.2, 0.25) is 5.91 Å². The number of hydrogen-bond donors (Lipinski definition) is 2. The monoisotopic (exact) mass is 330 g/mol. The summed E-state index contributed by atoms with van der Waals surface area (Å²) in [6, 6.07) is 4.74. The van der Waals surface area contributed by atoms with Gasteiger partial charge in [0, 0.05) is 19.8 Å². The maximum absolute atomic E-state index is 12.9. The van der Waals surface area contributed by atoms with Crippen LogP contribution in [0, 0.1) is 5.92 Å². The summed E-state index contributed by atoms with van der Waals surface area (Å²) in [6.07, 6.45) is -2.82. The summed E-state index contributed by atoms with van der Waals surface area (Å²) in [5, 5.41) is 2.63. The van der Waals surface area contributed by atoms with Gasteiger partial charge < -0.3 is 15.8 Å². The van der Waals surface area contributed by atoms with Crippen LogP contribution in [0.3, 0.4) is 0 Å².